The number of alkyl carbamates (subject to hydrolysis) is 1. The number of benzene rings is 2. The summed E-state index contributed by atoms with van der Waals surface area (Å²) in [4.78, 5) is 30.4. The van der Waals surface area contributed by atoms with Crippen LogP contribution in [0.5, 0.6) is 0 Å². The maximum absolute atomic E-state index is 13.8. The van der Waals surface area contributed by atoms with Crippen molar-refractivity contribution >= 4 is 43.7 Å². The Morgan fingerprint density at radius 1 is 1.24 bits per heavy atom. The average Bonchev–Trinajstić information content (AvgIpc) is 3.61. The van der Waals surface area contributed by atoms with Crippen LogP contribution in [-0.4, -0.2) is 91.3 Å². The van der Waals surface area contributed by atoms with Crippen LogP contribution >= 0.6 is 11.3 Å². The Morgan fingerprint density at radius 2 is 2.05 bits per heavy atom. The number of hydrogen-bond acceptors (Lipinski definition) is 8. The van der Waals surface area contributed by atoms with Crippen molar-refractivity contribution in [3.63, 3.8) is 0 Å². The van der Waals surface area contributed by atoms with E-state index in [1.165, 1.54) is 21.7 Å². The highest BCUT2D eigenvalue weighted by Crippen LogP contribution is 2.25. The molecule has 1 aromatic heterocycles. The number of nitrogens with one attached hydrogen (secondary N) is 2. The van der Waals surface area contributed by atoms with Crippen LogP contribution in [0.25, 0.3) is 10.2 Å². The van der Waals surface area contributed by atoms with Gasteiger partial charge >= 0.3 is 12.1 Å². The maximum atomic E-state index is 13.8. The second-order valence-corrected chi connectivity index (χ2v) is 12.7. The molecule has 11 nitrogen and oxygen atoms in total. The van der Waals surface area contributed by atoms with Crippen molar-refractivity contribution in [2.45, 2.75) is 49.6 Å². The Morgan fingerprint density at radius 3 is 2.78 bits per heavy atom. The van der Waals surface area contributed by atoms with E-state index in [9.17, 15) is 23.1 Å². The van der Waals surface area contributed by atoms with Gasteiger partial charge in [0.25, 0.3) is 0 Å². The predicted molar refractivity (Wildman–Crippen MR) is 157 cm³/mol. The Bertz CT molecular complexity index is 1400. The van der Waals surface area contributed by atoms with Crippen LogP contribution in [-0.2, 0) is 21.2 Å². The Hall–Kier alpha value is -3.26. The first kappa shape index (κ1) is 30.7. The van der Waals surface area contributed by atoms with Crippen molar-refractivity contribution in [2.24, 2.45) is 0 Å². The number of aliphatic hydroxyl groups is 1. The third-order valence-electron chi connectivity index (χ3n) is 6.95. The summed E-state index contributed by atoms with van der Waals surface area (Å²) in [6.07, 6.45) is 0.668. The van der Waals surface area contributed by atoms with E-state index in [0.717, 1.165) is 28.6 Å². The summed E-state index contributed by atoms with van der Waals surface area (Å²) >= 11 is 1.36. The molecule has 3 N–H and O–H groups in total. The molecule has 1 aliphatic heterocycles. The minimum atomic E-state index is -3.94. The standard InChI is InChI=1S/C28H37N5O6S2/c1-2-3-7-13-33(41(37,38)22-10-11-23-26(18-22)40-20-30-23)19-25(34)24(17-21-8-5-4-6-9-21)31-28(36)39-16-15-32-14-12-29-27(32)35/h4-6,8-11,18,20,24-25,34H,2-3,7,12-17,19H2,1H3,(H,29,35)(H,31,36)/t24-,25+/m0/s1. The fourth-order valence-corrected chi connectivity index (χ4v) is 6.96. The molecule has 1 fully saturated rings. The number of sulfonamides is 1. The SMILES string of the molecule is CCCCCN(C[C@@H](O)[C@H](Cc1ccccc1)NC(=O)OCCN1CCNC1=O)S(=O)(=O)c1ccc2ncsc2c1. The number of urea groups is 1. The van der Waals surface area contributed by atoms with E-state index in [0.29, 0.717) is 19.5 Å². The van der Waals surface area contributed by atoms with Crippen LogP contribution in [0.1, 0.15) is 31.7 Å². The molecule has 2 heterocycles. The highest BCUT2D eigenvalue weighted by atomic mass is 32.2. The van der Waals surface area contributed by atoms with Crippen LogP contribution in [0, 0.1) is 0 Å². The summed E-state index contributed by atoms with van der Waals surface area (Å²) in [5.41, 5.74) is 3.26. The number of rotatable bonds is 15. The van der Waals surface area contributed by atoms with E-state index in [-0.39, 0.29) is 43.6 Å². The van der Waals surface area contributed by atoms with Gasteiger partial charge in [-0.25, -0.2) is 23.0 Å². The van der Waals surface area contributed by atoms with Gasteiger partial charge in [-0.05, 0) is 36.6 Å². The fourth-order valence-electron chi connectivity index (χ4n) is 4.65. The molecule has 41 heavy (non-hydrogen) atoms. The molecule has 0 radical (unpaired) electrons. The van der Waals surface area contributed by atoms with E-state index in [1.807, 2.05) is 37.3 Å². The predicted octanol–water partition coefficient (Wildman–Crippen LogP) is 3.20. The first-order valence-corrected chi connectivity index (χ1v) is 16.1. The number of amides is 3. The molecule has 13 heteroatoms. The van der Waals surface area contributed by atoms with Crippen molar-refractivity contribution < 1.29 is 27.9 Å². The van der Waals surface area contributed by atoms with Crippen LogP contribution in [0.2, 0.25) is 0 Å². The second kappa shape index (κ2) is 14.6. The van der Waals surface area contributed by atoms with E-state index in [1.54, 1.807) is 22.5 Å². The second-order valence-electron chi connectivity index (χ2n) is 9.91. The molecule has 2 aromatic carbocycles. The van der Waals surface area contributed by atoms with E-state index < -0.39 is 28.3 Å². The number of aliphatic hydroxyl groups excluding tert-OH is 1. The highest BCUT2D eigenvalue weighted by molar-refractivity contribution is 7.89. The lowest BCUT2D eigenvalue weighted by atomic mass is 10.0. The smallest absolute Gasteiger partial charge is 0.407 e. The number of carbonyl (C=O) groups is 2. The molecule has 222 valence electrons. The van der Waals surface area contributed by atoms with Gasteiger partial charge in [-0.1, -0.05) is 50.1 Å². The summed E-state index contributed by atoms with van der Waals surface area (Å²) in [6.45, 7) is 3.38. The Labute approximate surface area is 244 Å². The van der Waals surface area contributed by atoms with E-state index in [2.05, 4.69) is 15.6 Å². The lowest BCUT2D eigenvalue weighted by Crippen LogP contribution is -2.51. The molecule has 3 aromatic rings. The minimum absolute atomic E-state index is 0.00895. The van der Waals surface area contributed by atoms with Crippen molar-refractivity contribution in [2.75, 3.05) is 39.3 Å². The lowest BCUT2D eigenvalue weighted by molar-refractivity contribution is 0.0886. The maximum Gasteiger partial charge on any atom is 0.407 e. The normalized spacial score (nSPS) is 15.2. The monoisotopic (exact) mass is 603 g/mol. The zero-order valence-electron chi connectivity index (χ0n) is 23.1. The van der Waals surface area contributed by atoms with Crippen molar-refractivity contribution in [3.05, 3.63) is 59.6 Å². The number of fused-ring (bicyclic) bond motifs is 1. The minimum Gasteiger partial charge on any atom is -0.448 e. The zero-order chi connectivity index (χ0) is 29.2. The lowest BCUT2D eigenvalue weighted by Gasteiger charge is -2.30. The van der Waals surface area contributed by atoms with Crippen LogP contribution in [0.3, 0.4) is 0 Å². The highest BCUT2D eigenvalue weighted by Gasteiger charge is 2.31. The quantitative estimate of drug-likeness (QED) is 0.227. The van der Waals surface area contributed by atoms with Gasteiger partial charge in [0.2, 0.25) is 10.0 Å². The van der Waals surface area contributed by atoms with Gasteiger partial charge in [-0.15, -0.1) is 11.3 Å². The van der Waals surface area contributed by atoms with Crippen molar-refractivity contribution in [3.8, 4) is 0 Å². The topological polar surface area (TPSA) is 141 Å². The van der Waals surface area contributed by atoms with E-state index >= 15 is 0 Å². The van der Waals surface area contributed by atoms with Gasteiger partial charge in [0.15, 0.2) is 0 Å². The number of aromatic nitrogens is 1. The first-order chi connectivity index (χ1) is 19.8. The molecule has 0 bridgehead atoms. The van der Waals surface area contributed by atoms with Gasteiger partial charge in [0.05, 0.1) is 39.3 Å². The molecular weight excluding hydrogens is 566 g/mol. The van der Waals surface area contributed by atoms with Crippen molar-refractivity contribution in [1.82, 2.24) is 24.8 Å². The zero-order valence-corrected chi connectivity index (χ0v) is 24.7. The van der Waals surface area contributed by atoms with Crippen LogP contribution in [0.4, 0.5) is 9.59 Å². The first-order valence-electron chi connectivity index (χ1n) is 13.8. The summed E-state index contributed by atoms with van der Waals surface area (Å²) in [5, 5.41) is 16.8. The molecule has 2 atom stereocenters. The molecule has 1 saturated heterocycles. The average molecular weight is 604 g/mol. The number of hydrogen-bond donors (Lipinski definition) is 3. The molecule has 0 aliphatic carbocycles. The third-order valence-corrected chi connectivity index (χ3v) is 9.60. The van der Waals surface area contributed by atoms with Gasteiger partial charge < -0.3 is 25.4 Å². The Kier molecular flexibility index (Phi) is 10.9. The van der Waals surface area contributed by atoms with Gasteiger partial charge in [0.1, 0.15) is 6.61 Å². The molecule has 3 amide bonds. The molecule has 0 saturated carbocycles. The molecule has 4 rings (SSSR count). The molecule has 0 spiro atoms. The molecular formula is C28H37N5O6S2. The summed E-state index contributed by atoms with van der Waals surface area (Å²) in [6, 6.07) is 13.1. The number of ether oxygens (including phenoxy) is 1. The van der Waals surface area contributed by atoms with Gasteiger partial charge in [-0.3, -0.25) is 0 Å². The molecule has 0 unspecified atom stereocenters. The number of thiazole rings is 1. The summed E-state index contributed by atoms with van der Waals surface area (Å²) < 4.78 is 34.9. The molecule has 1 aliphatic rings. The summed E-state index contributed by atoms with van der Waals surface area (Å²) in [5.74, 6) is 0. The summed E-state index contributed by atoms with van der Waals surface area (Å²) in [7, 11) is -3.94. The van der Waals surface area contributed by atoms with Crippen LogP contribution < -0.4 is 10.6 Å². The Balaban J connectivity index is 1.48. The van der Waals surface area contributed by atoms with Gasteiger partial charge in [0, 0.05) is 26.2 Å². The van der Waals surface area contributed by atoms with E-state index in [4.69, 9.17) is 4.74 Å². The van der Waals surface area contributed by atoms with Crippen LogP contribution in [0.15, 0.2) is 58.9 Å². The largest absolute Gasteiger partial charge is 0.448 e. The number of carbonyl (C=O) groups excluding carboxylic acids is 2. The van der Waals surface area contributed by atoms with Gasteiger partial charge in [-0.2, -0.15) is 4.31 Å². The van der Waals surface area contributed by atoms with Crippen molar-refractivity contribution in [1.29, 1.82) is 0 Å². The third kappa shape index (κ3) is 8.38. The number of unbranched alkanes of at least 4 members (excludes halogenated alkanes) is 2. The number of nitrogens with zero attached hydrogens (tertiary/aromatic N) is 3. The fraction of sp³-hybridized carbons (Fsp3) is 0.464.